The number of nitrogen functional groups attached to an aromatic ring is 1. The lowest BCUT2D eigenvalue weighted by Crippen LogP contribution is -2.22. The molecule has 0 aliphatic heterocycles. The molecule has 2 rings (SSSR count). The van der Waals surface area contributed by atoms with Crippen molar-refractivity contribution in [1.29, 1.82) is 0 Å². The number of nitrogens with zero attached hydrogens (tertiary/aromatic N) is 1. The molecule has 0 spiro atoms. The lowest BCUT2D eigenvalue weighted by Gasteiger charge is -2.13. The summed E-state index contributed by atoms with van der Waals surface area (Å²) in [7, 11) is 1.42. The number of pyridine rings is 1. The molecule has 21 heavy (non-hydrogen) atoms. The molecule has 0 saturated heterocycles. The highest BCUT2D eigenvalue weighted by molar-refractivity contribution is 5.48. The average Bonchev–Trinajstić information content (AvgIpc) is 2.41. The van der Waals surface area contributed by atoms with E-state index in [9.17, 15) is 18.0 Å². The van der Waals surface area contributed by atoms with Gasteiger partial charge < -0.3 is 15.0 Å². The number of methoxy groups -OCH3 is 1. The molecule has 2 N–H and O–H groups in total. The maximum Gasteiger partial charge on any atom is 0.417 e. The first-order valence-corrected chi connectivity index (χ1v) is 6.01. The predicted molar refractivity (Wildman–Crippen MR) is 72.2 cm³/mol. The number of alkyl halides is 3. The summed E-state index contributed by atoms with van der Waals surface area (Å²) in [6, 6.07) is 6.41. The SMILES string of the molecule is COc1cc(N)ccc1Cn1cc(C(F)(F)F)ccc1=O. The van der Waals surface area contributed by atoms with Gasteiger partial charge in [0.2, 0.25) is 0 Å². The van der Waals surface area contributed by atoms with Crippen molar-refractivity contribution >= 4 is 5.69 Å². The normalized spacial score (nSPS) is 11.4. The van der Waals surface area contributed by atoms with E-state index in [-0.39, 0.29) is 6.54 Å². The van der Waals surface area contributed by atoms with Crippen molar-refractivity contribution in [3.8, 4) is 5.75 Å². The fourth-order valence-electron chi connectivity index (χ4n) is 1.90. The Balaban J connectivity index is 2.42. The Morgan fingerprint density at radius 2 is 1.95 bits per heavy atom. The molecule has 1 heterocycles. The number of halogens is 3. The molecule has 0 aliphatic carbocycles. The third-order valence-electron chi connectivity index (χ3n) is 2.96. The van der Waals surface area contributed by atoms with Gasteiger partial charge >= 0.3 is 6.18 Å². The number of rotatable bonds is 3. The van der Waals surface area contributed by atoms with Gasteiger partial charge in [-0.3, -0.25) is 4.79 Å². The molecule has 112 valence electrons. The number of hydrogen-bond donors (Lipinski definition) is 1. The minimum Gasteiger partial charge on any atom is -0.496 e. The summed E-state index contributed by atoms with van der Waals surface area (Å²) in [6.45, 7) is -0.0355. The third kappa shape index (κ3) is 3.36. The van der Waals surface area contributed by atoms with Crippen LogP contribution in [0.1, 0.15) is 11.1 Å². The van der Waals surface area contributed by atoms with Crippen LogP contribution in [0.3, 0.4) is 0 Å². The predicted octanol–water partition coefficient (Wildman–Crippen LogP) is 2.51. The quantitative estimate of drug-likeness (QED) is 0.886. The standard InChI is InChI=1S/C14H13F3N2O2/c1-21-12-6-11(18)4-2-9(12)7-19-8-10(14(15,16)17)3-5-13(19)20/h2-6,8H,7,18H2,1H3. The van der Waals surface area contributed by atoms with Crippen molar-refractivity contribution in [2.75, 3.05) is 12.8 Å². The van der Waals surface area contributed by atoms with Crippen LogP contribution in [-0.2, 0) is 12.7 Å². The number of hydrogen-bond acceptors (Lipinski definition) is 3. The van der Waals surface area contributed by atoms with Crippen LogP contribution >= 0.6 is 0 Å². The minimum atomic E-state index is -4.50. The van der Waals surface area contributed by atoms with Crippen LogP contribution in [0.5, 0.6) is 5.75 Å². The van der Waals surface area contributed by atoms with E-state index in [1.807, 2.05) is 0 Å². The second-order valence-electron chi connectivity index (χ2n) is 4.45. The van der Waals surface area contributed by atoms with Crippen molar-refractivity contribution in [3.05, 3.63) is 58.0 Å². The van der Waals surface area contributed by atoms with Crippen LogP contribution in [0.25, 0.3) is 0 Å². The number of nitrogens with two attached hydrogens (primary N) is 1. The molecule has 0 unspecified atom stereocenters. The third-order valence-corrected chi connectivity index (χ3v) is 2.96. The van der Waals surface area contributed by atoms with Crippen LogP contribution in [0.4, 0.5) is 18.9 Å². The Labute approximate surface area is 118 Å². The van der Waals surface area contributed by atoms with Crippen LogP contribution in [0, 0.1) is 0 Å². The van der Waals surface area contributed by atoms with Crippen LogP contribution in [0.15, 0.2) is 41.3 Å². The van der Waals surface area contributed by atoms with E-state index in [1.165, 1.54) is 7.11 Å². The van der Waals surface area contributed by atoms with Gasteiger partial charge in [0.25, 0.3) is 5.56 Å². The number of ether oxygens (including phenoxy) is 1. The first-order chi connectivity index (χ1) is 9.81. The van der Waals surface area contributed by atoms with Gasteiger partial charge in [-0.15, -0.1) is 0 Å². The van der Waals surface area contributed by atoms with E-state index < -0.39 is 17.3 Å². The Hall–Kier alpha value is -2.44. The molecule has 1 aromatic heterocycles. The second kappa shape index (κ2) is 5.51. The number of anilines is 1. The van der Waals surface area contributed by atoms with Gasteiger partial charge in [0.05, 0.1) is 19.2 Å². The smallest absolute Gasteiger partial charge is 0.417 e. The zero-order valence-electron chi connectivity index (χ0n) is 11.1. The van der Waals surface area contributed by atoms with E-state index in [4.69, 9.17) is 10.5 Å². The molecule has 0 atom stereocenters. The average molecular weight is 298 g/mol. The second-order valence-corrected chi connectivity index (χ2v) is 4.45. The van der Waals surface area contributed by atoms with Gasteiger partial charge in [0.1, 0.15) is 5.75 Å². The lowest BCUT2D eigenvalue weighted by atomic mass is 10.1. The Bertz CT molecular complexity index is 708. The zero-order valence-corrected chi connectivity index (χ0v) is 11.1. The largest absolute Gasteiger partial charge is 0.496 e. The summed E-state index contributed by atoms with van der Waals surface area (Å²) in [4.78, 5) is 11.7. The summed E-state index contributed by atoms with van der Waals surface area (Å²) in [5.41, 5.74) is 5.23. The van der Waals surface area contributed by atoms with Crippen molar-refractivity contribution in [1.82, 2.24) is 4.57 Å². The van der Waals surface area contributed by atoms with E-state index in [2.05, 4.69) is 0 Å². The fraction of sp³-hybridized carbons (Fsp3) is 0.214. The van der Waals surface area contributed by atoms with Gasteiger partial charge in [0, 0.05) is 29.6 Å². The molecule has 1 aromatic carbocycles. The molecule has 0 saturated carbocycles. The Morgan fingerprint density at radius 3 is 2.57 bits per heavy atom. The van der Waals surface area contributed by atoms with Crippen LogP contribution < -0.4 is 16.0 Å². The van der Waals surface area contributed by atoms with Crippen molar-refractivity contribution in [2.45, 2.75) is 12.7 Å². The maximum atomic E-state index is 12.7. The van der Waals surface area contributed by atoms with Gasteiger partial charge in [-0.2, -0.15) is 13.2 Å². The first-order valence-electron chi connectivity index (χ1n) is 6.01. The highest BCUT2D eigenvalue weighted by Gasteiger charge is 2.31. The summed E-state index contributed by atoms with van der Waals surface area (Å²) in [5.74, 6) is 0.416. The Morgan fingerprint density at radius 1 is 1.24 bits per heavy atom. The van der Waals surface area contributed by atoms with E-state index in [1.54, 1.807) is 18.2 Å². The van der Waals surface area contributed by atoms with Crippen LogP contribution in [-0.4, -0.2) is 11.7 Å². The van der Waals surface area contributed by atoms with E-state index in [0.29, 0.717) is 17.0 Å². The first kappa shape index (κ1) is 15.0. The molecule has 0 amide bonds. The molecule has 0 fully saturated rings. The summed E-state index contributed by atoms with van der Waals surface area (Å²) in [5, 5.41) is 0. The summed E-state index contributed by atoms with van der Waals surface area (Å²) >= 11 is 0. The molecular formula is C14H13F3N2O2. The van der Waals surface area contributed by atoms with Crippen molar-refractivity contribution in [3.63, 3.8) is 0 Å². The summed E-state index contributed by atoms with van der Waals surface area (Å²) < 4.78 is 44.1. The lowest BCUT2D eigenvalue weighted by molar-refractivity contribution is -0.138. The molecular weight excluding hydrogens is 285 g/mol. The molecule has 4 nitrogen and oxygen atoms in total. The number of aromatic nitrogens is 1. The van der Waals surface area contributed by atoms with Crippen LogP contribution in [0.2, 0.25) is 0 Å². The highest BCUT2D eigenvalue weighted by atomic mass is 19.4. The topological polar surface area (TPSA) is 57.2 Å². The number of benzene rings is 1. The minimum absolute atomic E-state index is 0.0355. The van der Waals surface area contributed by atoms with Crippen molar-refractivity contribution in [2.24, 2.45) is 0 Å². The fourth-order valence-corrected chi connectivity index (χ4v) is 1.90. The molecule has 0 radical (unpaired) electrons. The van der Waals surface area contributed by atoms with E-state index in [0.717, 1.165) is 22.9 Å². The molecule has 0 aliphatic rings. The Kier molecular flexibility index (Phi) is 3.93. The van der Waals surface area contributed by atoms with Gasteiger partial charge in [-0.1, -0.05) is 6.07 Å². The maximum absolute atomic E-state index is 12.7. The highest BCUT2D eigenvalue weighted by Crippen LogP contribution is 2.28. The van der Waals surface area contributed by atoms with E-state index >= 15 is 0 Å². The molecule has 2 aromatic rings. The zero-order chi connectivity index (χ0) is 15.6. The van der Waals surface area contributed by atoms with Gasteiger partial charge in [0.15, 0.2) is 0 Å². The molecule has 0 bridgehead atoms. The van der Waals surface area contributed by atoms with Gasteiger partial charge in [-0.25, -0.2) is 0 Å². The summed E-state index contributed by atoms with van der Waals surface area (Å²) in [6.07, 6.45) is -3.71. The monoisotopic (exact) mass is 298 g/mol. The van der Waals surface area contributed by atoms with Gasteiger partial charge in [-0.05, 0) is 12.1 Å². The molecule has 7 heteroatoms. The van der Waals surface area contributed by atoms with Crippen molar-refractivity contribution < 1.29 is 17.9 Å².